The second-order valence-electron chi connectivity index (χ2n) is 6.30. The Labute approximate surface area is 159 Å². The molecule has 0 radical (unpaired) electrons. The first-order valence-corrected chi connectivity index (χ1v) is 10.1. The number of nitrogens with one attached hydrogen (secondary N) is 1. The molecule has 0 bridgehead atoms. The van der Waals surface area contributed by atoms with Crippen LogP contribution in [0.25, 0.3) is 0 Å². The van der Waals surface area contributed by atoms with E-state index < -0.39 is 10.0 Å². The van der Waals surface area contributed by atoms with E-state index in [1.165, 1.54) is 23.5 Å². The molecule has 1 saturated heterocycles. The third-order valence-corrected chi connectivity index (χ3v) is 6.42. The minimum absolute atomic E-state index is 0.114. The van der Waals surface area contributed by atoms with Crippen LogP contribution in [0.1, 0.15) is 18.5 Å². The number of hydrogen-bond donors (Lipinski definition) is 1. The Hall–Kier alpha value is -2.16. The van der Waals surface area contributed by atoms with Crippen molar-refractivity contribution in [2.24, 2.45) is 0 Å². The van der Waals surface area contributed by atoms with E-state index in [2.05, 4.69) is 5.32 Å². The van der Waals surface area contributed by atoms with Gasteiger partial charge in [0.15, 0.2) is 0 Å². The van der Waals surface area contributed by atoms with Crippen molar-refractivity contribution in [2.75, 3.05) is 38.7 Å². The van der Waals surface area contributed by atoms with Crippen molar-refractivity contribution in [3.8, 4) is 5.75 Å². The molecular weight excluding hydrogens is 371 g/mol. The predicted molar refractivity (Wildman–Crippen MR) is 101 cm³/mol. The monoisotopic (exact) mass is 394 g/mol. The molecule has 2 aromatic rings. The van der Waals surface area contributed by atoms with Crippen LogP contribution in [-0.4, -0.2) is 46.1 Å². The van der Waals surface area contributed by atoms with E-state index in [0.717, 1.165) is 5.56 Å². The first-order chi connectivity index (χ1) is 12.9. The zero-order valence-corrected chi connectivity index (χ0v) is 16.1. The molecule has 2 aromatic carbocycles. The molecule has 0 amide bonds. The van der Waals surface area contributed by atoms with Crippen molar-refractivity contribution in [1.29, 1.82) is 0 Å². The van der Waals surface area contributed by atoms with Gasteiger partial charge in [0.1, 0.15) is 16.5 Å². The van der Waals surface area contributed by atoms with Gasteiger partial charge < -0.3 is 14.8 Å². The lowest BCUT2D eigenvalue weighted by Gasteiger charge is -2.27. The number of halogens is 1. The van der Waals surface area contributed by atoms with E-state index in [9.17, 15) is 12.8 Å². The Morgan fingerprint density at radius 1 is 1.15 bits per heavy atom. The Morgan fingerprint density at radius 3 is 2.44 bits per heavy atom. The lowest BCUT2D eigenvalue weighted by molar-refractivity contribution is 0.0729. The van der Waals surface area contributed by atoms with Crippen LogP contribution in [0, 0.1) is 5.82 Å². The summed E-state index contributed by atoms with van der Waals surface area (Å²) in [6, 6.07) is 11.0. The fourth-order valence-corrected chi connectivity index (χ4v) is 4.57. The normalized spacial score (nSPS) is 16.7. The van der Waals surface area contributed by atoms with Gasteiger partial charge in [-0.1, -0.05) is 12.1 Å². The predicted octanol–water partition coefficient (Wildman–Crippen LogP) is 3.03. The highest BCUT2D eigenvalue weighted by molar-refractivity contribution is 7.89. The van der Waals surface area contributed by atoms with Gasteiger partial charge in [-0.15, -0.1) is 0 Å². The lowest BCUT2D eigenvalue weighted by Crippen LogP contribution is -2.40. The lowest BCUT2D eigenvalue weighted by atomic mass is 10.1. The fourth-order valence-electron chi connectivity index (χ4n) is 2.98. The average molecular weight is 394 g/mol. The highest BCUT2D eigenvalue weighted by Gasteiger charge is 2.29. The smallest absolute Gasteiger partial charge is 0.246 e. The SMILES string of the molecule is COc1ccc(N[C@H](C)c2ccc(F)cc2)cc1S(=O)(=O)N1CCOCC1. The van der Waals surface area contributed by atoms with Crippen molar-refractivity contribution >= 4 is 15.7 Å². The molecule has 1 fully saturated rings. The minimum atomic E-state index is -3.69. The van der Waals surface area contributed by atoms with Crippen LogP contribution in [0.4, 0.5) is 10.1 Å². The number of morpholine rings is 1. The highest BCUT2D eigenvalue weighted by atomic mass is 32.2. The summed E-state index contributed by atoms with van der Waals surface area (Å²) in [6.07, 6.45) is 0. The van der Waals surface area contributed by atoms with Crippen LogP contribution in [-0.2, 0) is 14.8 Å². The Kier molecular flexibility index (Phi) is 5.98. The number of methoxy groups -OCH3 is 1. The number of sulfonamides is 1. The molecule has 0 aromatic heterocycles. The van der Waals surface area contributed by atoms with Gasteiger partial charge in [-0.25, -0.2) is 12.8 Å². The molecule has 1 N–H and O–H groups in total. The second kappa shape index (κ2) is 8.24. The molecule has 146 valence electrons. The van der Waals surface area contributed by atoms with Crippen molar-refractivity contribution in [3.05, 3.63) is 53.8 Å². The van der Waals surface area contributed by atoms with Crippen LogP contribution < -0.4 is 10.1 Å². The molecule has 1 atom stereocenters. The molecule has 0 unspecified atom stereocenters. The summed E-state index contributed by atoms with van der Waals surface area (Å²) in [4.78, 5) is 0.114. The molecule has 27 heavy (non-hydrogen) atoms. The van der Waals surface area contributed by atoms with Crippen LogP contribution in [0.15, 0.2) is 47.4 Å². The Balaban J connectivity index is 1.87. The van der Waals surface area contributed by atoms with Gasteiger partial charge in [0.05, 0.1) is 20.3 Å². The van der Waals surface area contributed by atoms with E-state index in [-0.39, 0.29) is 16.8 Å². The maximum atomic E-state index is 13.1. The minimum Gasteiger partial charge on any atom is -0.495 e. The summed E-state index contributed by atoms with van der Waals surface area (Å²) in [5.74, 6) is -0.00392. The molecule has 8 heteroatoms. The Morgan fingerprint density at radius 2 is 1.81 bits per heavy atom. The maximum Gasteiger partial charge on any atom is 0.246 e. The molecule has 1 aliphatic heterocycles. The van der Waals surface area contributed by atoms with Gasteiger partial charge in [-0.2, -0.15) is 4.31 Å². The molecule has 1 heterocycles. The van der Waals surface area contributed by atoms with Gasteiger partial charge in [0.2, 0.25) is 10.0 Å². The number of hydrogen-bond acceptors (Lipinski definition) is 5. The van der Waals surface area contributed by atoms with Crippen LogP contribution in [0.2, 0.25) is 0 Å². The molecule has 3 rings (SSSR count). The van der Waals surface area contributed by atoms with Crippen molar-refractivity contribution < 1.29 is 22.3 Å². The quantitative estimate of drug-likeness (QED) is 0.816. The summed E-state index contributed by atoms with van der Waals surface area (Å²) < 4.78 is 51.1. The summed E-state index contributed by atoms with van der Waals surface area (Å²) in [6.45, 7) is 3.31. The number of ether oxygens (including phenoxy) is 2. The summed E-state index contributed by atoms with van der Waals surface area (Å²) in [5, 5.41) is 3.26. The molecule has 0 spiro atoms. The molecule has 0 aliphatic carbocycles. The van der Waals surface area contributed by atoms with E-state index in [4.69, 9.17) is 9.47 Å². The third kappa shape index (κ3) is 4.40. The fraction of sp³-hybridized carbons (Fsp3) is 0.368. The van der Waals surface area contributed by atoms with Crippen molar-refractivity contribution in [2.45, 2.75) is 17.9 Å². The highest BCUT2D eigenvalue weighted by Crippen LogP contribution is 2.31. The third-order valence-electron chi connectivity index (χ3n) is 4.50. The van der Waals surface area contributed by atoms with E-state index >= 15 is 0 Å². The van der Waals surface area contributed by atoms with Crippen LogP contribution >= 0.6 is 0 Å². The topological polar surface area (TPSA) is 67.9 Å². The van der Waals surface area contributed by atoms with E-state index in [1.807, 2.05) is 6.92 Å². The van der Waals surface area contributed by atoms with Gasteiger partial charge in [-0.05, 0) is 42.8 Å². The largest absolute Gasteiger partial charge is 0.495 e. The first-order valence-electron chi connectivity index (χ1n) is 8.70. The van der Waals surface area contributed by atoms with Crippen molar-refractivity contribution in [3.63, 3.8) is 0 Å². The first kappa shape index (κ1) is 19.6. The number of benzene rings is 2. The maximum absolute atomic E-state index is 13.1. The van der Waals surface area contributed by atoms with Gasteiger partial charge in [0.25, 0.3) is 0 Å². The van der Waals surface area contributed by atoms with Gasteiger partial charge in [-0.3, -0.25) is 0 Å². The summed E-state index contributed by atoms with van der Waals surface area (Å²) >= 11 is 0. The van der Waals surface area contributed by atoms with E-state index in [1.54, 1.807) is 30.3 Å². The van der Waals surface area contributed by atoms with Gasteiger partial charge >= 0.3 is 0 Å². The van der Waals surface area contributed by atoms with Crippen molar-refractivity contribution in [1.82, 2.24) is 4.31 Å². The van der Waals surface area contributed by atoms with Crippen LogP contribution in [0.5, 0.6) is 5.75 Å². The summed E-state index contributed by atoms with van der Waals surface area (Å²) in [5.41, 5.74) is 1.53. The average Bonchev–Trinajstić information content (AvgIpc) is 2.69. The second-order valence-corrected chi connectivity index (χ2v) is 8.21. The van der Waals surface area contributed by atoms with Crippen LogP contribution in [0.3, 0.4) is 0 Å². The standard InChI is InChI=1S/C19H23FN2O4S/c1-14(15-3-5-16(20)6-4-15)21-17-7-8-18(25-2)19(13-17)27(23,24)22-9-11-26-12-10-22/h3-8,13-14,21H,9-12H2,1-2H3/t14-/m1/s1. The molecule has 6 nitrogen and oxygen atoms in total. The van der Waals surface area contributed by atoms with Gasteiger partial charge in [0, 0.05) is 24.8 Å². The Bertz CT molecular complexity index is 881. The summed E-state index contributed by atoms with van der Waals surface area (Å²) in [7, 11) is -2.25. The molecular formula is C19H23FN2O4S. The van der Waals surface area contributed by atoms with E-state index in [0.29, 0.717) is 37.7 Å². The number of rotatable bonds is 6. The molecule has 0 saturated carbocycles. The molecule has 1 aliphatic rings. The zero-order chi connectivity index (χ0) is 19.4. The number of anilines is 1. The number of nitrogens with zero attached hydrogens (tertiary/aromatic N) is 1. The zero-order valence-electron chi connectivity index (χ0n) is 15.3.